The van der Waals surface area contributed by atoms with Crippen LogP contribution in [0.4, 0.5) is 4.39 Å². The molecule has 1 unspecified atom stereocenters. The first-order valence-electron chi connectivity index (χ1n) is 9.18. The van der Waals surface area contributed by atoms with Gasteiger partial charge in [-0.2, -0.15) is 0 Å². The van der Waals surface area contributed by atoms with Crippen LogP contribution in [0.15, 0.2) is 48.0 Å². The number of ether oxygens (including phenoxy) is 3. The van der Waals surface area contributed by atoms with Gasteiger partial charge >= 0.3 is 0 Å². The van der Waals surface area contributed by atoms with Crippen LogP contribution in [0, 0.1) is 5.82 Å². The van der Waals surface area contributed by atoms with Gasteiger partial charge in [0.2, 0.25) is 0 Å². The van der Waals surface area contributed by atoms with Crippen LogP contribution in [-0.4, -0.2) is 56.2 Å². The number of aliphatic hydroxyl groups is 1. The van der Waals surface area contributed by atoms with Crippen molar-refractivity contribution in [3.63, 3.8) is 0 Å². The van der Waals surface area contributed by atoms with Gasteiger partial charge in [-0.15, -0.1) is 0 Å². The molecule has 7 nitrogen and oxygen atoms in total. The summed E-state index contributed by atoms with van der Waals surface area (Å²) in [5, 5.41) is 11.0. The van der Waals surface area contributed by atoms with Crippen LogP contribution in [-0.2, 0) is 14.3 Å². The van der Waals surface area contributed by atoms with Gasteiger partial charge < -0.3 is 24.2 Å². The maximum absolute atomic E-state index is 14.6. The normalized spacial score (nSPS) is 18.0. The lowest BCUT2D eigenvalue weighted by molar-refractivity contribution is -0.140. The van der Waals surface area contributed by atoms with Crippen molar-refractivity contribution in [1.82, 2.24) is 4.90 Å². The van der Waals surface area contributed by atoms with E-state index >= 15 is 0 Å². The number of Topliss-reactive ketones (excluding diaryl/α,β-unsaturated/α-hetero) is 1. The highest BCUT2D eigenvalue weighted by atomic mass is 19.1. The van der Waals surface area contributed by atoms with E-state index < -0.39 is 29.3 Å². The molecule has 0 bridgehead atoms. The largest absolute Gasteiger partial charge is 0.507 e. The topological polar surface area (TPSA) is 85.3 Å². The van der Waals surface area contributed by atoms with Crippen molar-refractivity contribution >= 4 is 17.4 Å². The number of aliphatic hydroxyl groups excluding tert-OH is 1. The fourth-order valence-electron chi connectivity index (χ4n) is 3.46. The van der Waals surface area contributed by atoms with E-state index in [1.807, 2.05) is 0 Å². The van der Waals surface area contributed by atoms with E-state index in [2.05, 4.69) is 0 Å². The molecule has 8 heteroatoms. The highest BCUT2D eigenvalue weighted by Crippen LogP contribution is 2.41. The van der Waals surface area contributed by atoms with Gasteiger partial charge in [0, 0.05) is 24.8 Å². The van der Waals surface area contributed by atoms with Crippen molar-refractivity contribution in [2.24, 2.45) is 0 Å². The minimum absolute atomic E-state index is 0.0583. The van der Waals surface area contributed by atoms with Crippen LogP contribution in [0.1, 0.15) is 17.2 Å². The molecule has 0 radical (unpaired) electrons. The van der Waals surface area contributed by atoms with Gasteiger partial charge in [0.15, 0.2) is 11.5 Å². The molecule has 2 aromatic rings. The van der Waals surface area contributed by atoms with Crippen LogP contribution in [0.5, 0.6) is 11.5 Å². The van der Waals surface area contributed by atoms with Crippen molar-refractivity contribution < 1.29 is 33.3 Å². The number of benzene rings is 2. The van der Waals surface area contributed by atoms with Crippen molar-refractivity contribution in [2.75, 3.05) is 34.5 Å². The second-order valence-corrected chi connectivity index (χ2v) is 6.58. The monoisotopic (exact) mass is 415 g/mol. The smallest absolute Gasteiger partial charge is 0.295 e. The number of hydrogen-bond donors (Lipinski definition) is 1. The fraction of sp³-hybridized carbons (Fsp3) is 0.273. The zero-order valence-corrected chi connectivity index (χ0v) is 16.8. The third-order valence-corrected chi connectivity index (χ3v) is 4.93. The molecule has 158 valence electrons. The fourth-order valence-corrected chi connectivity index (χ4v) is 3.46. The molecule has 1 amide bonds. The zero-order chi connectivity index (χ0) is 21.8. The SMILES string of the molecule is COCCN1C(=O)C(=O)/C(=C(/O)c2ccc(OC)c(OC)c2)C1c1ccccc1F. The van der Waals surface area contributed by atoms with Crippen molar-refractivity contribution in [1.29, 1.82) is 0 Å². The number of halogens is 1. The Hall–Kier alpha value is -3.39. The molecule has 0 aromatic heterocycles. The van der Waals surface area contributed by atoms with E-state index in [0.29, 0.717) is 11.5 Å². The predicted octanol–water partition coefficient (Wildman–Crippen LogP) is 2.91. The number of likely N-dealkylation sites (tertiary alicyclic amines) is 1. The zero-order valence-electron chi connectivity index (χ0n) is 16.8. The summed E-state index contributed by atoms with van der Waals surface area (Å²) in [6.07, 6.45) is 0. The second-order valence-electron chi connectivity index (χ2n) is 6.58. The van der Waals surface area contributed by atoms with E-state index in [9.17, 15) is 19.1 Å². The first-order chi connectivity index (χ1) is 14.4. The summed E-state index contributed by atoms with van der Waals surface area (Å²) in [4.78, 5) is 26.7. The van der Waals surface area contributed by atoms with E-state index in [0.717, 1.165) is 0 Å². The molecule has 1 heterocycles. The maximum Gasteiger partial charge on any atom is 0.295 e. The second kappa shape index (κ2) is 8.96. The summed E-state index contributed by atoms with van der Waals surface area (Å²) in [5.41, 5.74) is 0.141. The number of hydrogen-bond acceptors (Lipinski definition) is 6. The van der Waals surface area contributed by atoms with Crippen molar-refractivity contribution in [3.05, 3.63) is 65.0 Å². The maximum atomic E-state index is 14.6. The third-order valence-electron chi connectivity index (χ3n) is 4.93. The van der Waals surface area contributed by atoms with Crippen LogP contribution in [0.3, 0.4) is 0 Å². The average molecular weight is 415 g/mol. The number of ketones is 1. The molecule has 1 aliphatic rings. The highest BCUT2D eigenvalue weighted by Gasteiger charge is 2.46. The predicted molar refractivity (Wildman–Crippen MR) is 107 cm³/mol. The molecule has 1 saturated heterocycles. The lowest BCUT2D eigenvalue weighted by Crippen LogP contribution is -2.33. The third kappa shape index (κ3) is 3.73. The Morgan fingerprint density at radius 3 is 2.40 bits per heavy atom. The van der Waals surface area contributed by atoms with Gasteiger partial charge in [-0.3, -0.25) is 9.59 Å². The average Bonchev–Trinajstić information content (AvgIpc) is 3.01. The van der Waals surface area contributed by atoms with E-state index in [-0.39, 0.29) is 29.9 Å². The summed E-state index contributed by atoms with van der Waals surface area (Å²) in [6.45, 7) is 0.206. The molecule has 1 atom stereocenters. The van der Waals surface area contributed by atoms with Gasteiger partial charge in [0.1, 0.15) is 11.6 Å². The Morgan fingerprint density at radius 2 is 1.77 bits per heavy atom. The summed E-state index contributed by atoms with van der Waals surface area (Å²) < 4.78 is 30.1. The standard InChI is InChI=1S/C22H22FNO6/c1-28-11-10-24-19(14-6-4-5-7-15(14)23)18(21(26)22(24)27)20(25)13-8-9-16(29-2)17(12-13)30-3/h4-9,12,19,25H,10-11H2,1-3H3/b20-18+. The molecular weight excluding hydrogens is 393 g/mol. The number of methoxy groups -OCH3 is 3. The van der Waals surface area contributed by atoms with Gasteiger partial charge in [0.05, 0.1) is 32.4 Å². The first kappa shape index (κ1) is 21.3. The van der Waals surface area contributed by atoms with E-state index in [1.165, 1.54) is 56.6 Å². The number of carbonyl (C=O) groups excluding carboxylic acids is 2. The van der Waals surface area contributed by atoms with Gasteiger partial charge in [-0.1, -0.05) is 18.2 Å². The number of amides is 1. The lowest BCUT2D eigenvalue weighted by Gasteiger charge is -2.25. The minimum Gasteiger partial charge on any atom is -0.507 e. The summed E-state index contributed by atoms with van der Waals surface area (Å²) >= 11 is 0. The molecule has 1 aliphatic heterocycles. The molecular formula is C22H22FNO6. The Balaban J connectivity index is 2.20. The molecule has 0 aliphatic carbocycles. The highest BCUT2D eigenvalue weighted by molar-refractivity contribution is 6.46. The van der Waals surface area contributed by atoms with Crippen LogP contribution in [0.2, 0.25) is 0 Å². The molecule has 1 fully saturated rings. The van der Waals surface area contributed by atoms with Crippen molar-refractivity contribution in [3.8, 4) is 11.5 Å². The Bertz CT molecular complexity index is 1000. The van der Waals surface area contributed by atoms with E-state index in [4.69, 9.17) is 14.2 Å². The molecule has 2 aromatic carbocycles. The Labute approximate surface area is 173 Å². The number of carbonyl (C=O) groups is 2. The summed E-state index contributed by atoms with van der Waals surface area (Å²) in [6, 6.07) is 9.31. The van der Waals surface area contributed by atoms with Gasteiger partial charge in [-0.25, -0.2) is 4.39 Å². The number of nitrogens with zero attached hydrogens (tertiary/aromatic N) is 1. The Kier molecular flexibility index (Phi) is 6.37. The summed E-state index contributed by atoms with van der Waals surface area (Å²) in [7, 11) is 4.36. The van der Waals surface area contributed by atoms with Gasteiger partial charge in [0.25, 0.3) is 11.7 Å². The molecule has 0 saturated carbocycles. The Morgan fingerprint density at radius 1 is 1.07 bits per heavy atom. The molecule has 1 N–H and O–H groups in total. The molecule has 0 spiro atoms. The van der Waals surface area contributed by atoms with E-state index in [1.54, 1.807) is 12.1 Å². The van der Waals surface area contributed by atoms with Crippen LogP contribution < -0.4 is 9.47 Å². The molecule has 3 rings (SSSR count). The summed E-state index contributed by atoms with van der Waals surface area (Å²) in [5.74, 6) is -1.99. The quantitative estimate of drug-likeness (QED) is 0.425. The first-order valence-corrected chi connectivity index (χ1v) is 9.18. The van der Waals surface area contributed by atoms with Gasteiger partial charge in [-0.05, 0) is 24.3 Å². The van der Waals surface area contributed by atoms with Crippen LogP contribution >= 0.6 is 0 Å². The molecule has 30 heavy (non-hydrogen) atoms. The van der Waals surface area contributed by atoms with Crippen molar-refractivity contribution in [2.45, 2.75) is 6.04 Å². The lowest BCUT2D eigenvalue weighted by atomic mass is 9.95. The minimum atomic E-state index is -1.09. The van der Waals surface area contributed by atoms with Crippen LogP contribution in [0.25, 0.3) is 5.76 Å². The number of rotatable bonds is 7.